The standard InChI is InChI=1S/C25H32N2OSSi/c1-25(2,3)30(21-12-6-4-7-13-21,22-14-8-5-9-15-22)28-23(24-27-17-18-29-24)20-11-10-16-26-19-20/h4-9,12-15,17-18,20,23,26H,10-11,16,19H2,1-3H3/t20?,23-/m0/s1. The van der Waals surface area contributed by atoms with Crippen molar-refractivity contribution < 1.29 is 4.43 Å². The van der Waals surface area contributed by atoms with Gasteiger partial charge in [0.15, 0.2) is 0 Å². The average Bonchev–Trinajstić information content (AvgIpc) is 3.30. The lowest BCUT2D eigenvalue weighted by molar-refractivity contribution is 0.105. The second-order valence-corrected chi connectivity index (χ2v) is 14.4. The van der Waals surface area contributed by atoms with Crippen LogP contribution < -0.4 is 15.7 Å². The molecule has 5 heteroatoms. The molecule has 0 aliphatic carbocycles. The summed E-state index contributed by atoms with van der Waals surface area (Å²) in [6.07, 6.45) is 4.29. The molecule has 1 aromatic heterocycles. The smallest absolute Gasteiger partial charge is 0.262 e. The number of hydrogen-bond acceptors (Lipinski definition) is 4. The van der Waals surface area contributed by atoms with Gasteiger partial charge in [-0.25, -0.2) is 4.98 Å². The zero-order chi connectivity index (χ0) is 21.0. The average molecular weight is 437 g/mol. The Morgan fingerprint density at radius 1 is 1.03 bits per heavy atom. The summed E-state index contributed by atoms with van der Waals surface area (Å²) in [5.74, 6) is 0.437. The van der Waals surface area contributed by atoms with Gasteiger partial charge in [0, 0.05) is 24.0 Å². The predicted molar refractivity (Wildman–Crippen MR) is 129 cm³/mol. The van der Waals surface area contributed by atoms with Crippen LogP contribution in [0.1, 0.15) is 44.7 Å². The fourth-order valence-electron chi connectivity index (χ4n) is 4.74. The summed E-state index contributed by atoms with van der Waals surface area (Å²) in [7, 11) is -2.61. The molecule has 0 spiro atoms. The number of thiazole rings is 1. The highest BCUT2D eigenvalue weighted by Crippen LogP contribution is 2.43. The second-order valence-electron chi connectivity index (χ2n) is 9.18. The van der Waals surface area contributed by atoms with Gasteiger partial charge in [0.2, 0.25) is 0 Å². The minimum absolute atomic E-state index is 0.00380. The van der Waals surface area contributed by atoms with E-state index in [0.29, 0.717) is 5.92 Å². The molecule has 158 valence electrons. The lowest BCUT2D eigenvalue weighted by Crippen LogP contribution is -2.67. The summed E-state index contributed by atoms with van der Waals surface area (Å²) in [4.78, 5) is 4.73. The number of benzene rings is 2. The van der Waals surface area contributed by atoms with Gasteiger partial charge in [-0.1, -0.05) is 81.4 Å². The van der Waals surface area contributed by atoms with Gasteiger partial charge in [-0.05, 0) is 34.8 Å². The van der Waals surface area contributed by atoms with Crippen LogP contribution in [0.3, 0.4) is 0 Å². The maximum absolute atomic E-state index is 7.51. The Labute approximate surface area is 185 Å². The van der Waals surface area contributed by atoms with E-state index in [1.807, 2.05) is 6.20 Å². The van der Waals surface area contributed by atoms with Crippen LogP contribution in [0.4, 0.5) is 0 Å². The molecule has 1 unspecified atom stereocenters. The van der Waals surface area contributed by atoms with Crippen molar-refractivity contribution in [2.45, 2.75) is 44.8 Å². The largest absolute Gasteiger partial charge is 0.398 e. The van der Waals surface area contributed by atoms with E-state index in [0.717, 1.165) is 18.1 Å². The van der Waals surface area contributed by atoms with Gasteiger partial charge < -0.3 is 9.74 Å². The molecule has 2 atom stereocenters. The van der Waals surface area contributed by atoms with Crippen LogP contribution >= 0.6 is 11.3 Å². The van der Waals surface area contributed by atoms with E-state index in [2.05, 4.69) is 92.1 Å². The summed E-state index contributed by atoms with van der Waals surface area (Å²) < 4.78 is 7.51. The van der Waals surface area contributed by atoms with Crippen molar-refractivity contribution in [3.63, 3.8) is 0 Å². The second kappa shape index (κ2) is 9.14. The third-order valence-corrected chi connectivity index (χ3v) is 12.0. The third kappa shape index (κ3) is 4.17. The molecule has 3 nitrogen and oxygen atoms in total. The molecule has 1 N–H and O–H groups in total. The van der Waals surface area contributed by atoms with Crippen LogP contribution in [0.15, 0.2) is 72.2 Å². The molecule has 1 aliphatic rings. The van der Waals surface area contributed by atoms with Gasteiger partial charge in [0.25, 0.3) is 8.32 Å². The molecule has 30 heavy (non-hydrogen) atoms. The molecule has 4 rings (SSSR count). The SMILES string of the molecule is CC(C)(C)[Si](O[C@H](c1nccs1)C1CCCNC1)(c1ccccc1)c1ccccc1. The quantitative estimate of drug-likeness (QED) is 0.566. The maximum atomic E-state index is 7.51. The summed E-state index contributed by atoms with van der Waals surface area (Å²) in [5, 5.41) is 9.40. The maximum Gasteiger partial charge on any atom is 0.262 e. The van der Waals surface area contributed by atoms with Crippen LogP contribution in [0.25, 0.3) is 0 Å². The number of piperidine rings is 1. The lowest BCUT2D eigenvalue weighted by Gasteiger charge is -2.46. The third-order valence-electron chi connectivity index (χ3n) is 6.18. The summed E-state index contributed by atoms with van der Waals surface area (Å²) in [6.45, 7) is 9.12. The van der Waals surface area contributed by atoms with Gasteiger partial charge in [-0.2, -0.15) is 0 Å². The van der Waals surface area contributed by atoms with Crippen LogP contribution in [-0.2, 0) is 4.43 Å². The molecule has 2 aromatic carbocycles. The number of rotatable bonds is 6. The Balaban J connectivity index is 1.88. The first-order chi connectivity index (χ1) is 14.5. The van der Waals surface area contributed by atoms with Crippen molar-refractivity contribution in [3.05, 3.63) is 77.2 Å². The van der Waals surface area contributed by atoms with Crippen molar-refractivity contribution in [2.75, 3.05) is 13.1 Å². The highest BCUT2D eigenvalue weighted by molar-refractivity contribution is 7.09. The summed E-state index contributed by atoms with van der Waals surface area (Å²) >= 11 is 1.72. The van der Waals surface area contributed by atoms with Crippen LogP contribution in [-0.4, -0.2) is 26.4 Å². The minimum atomic E-state index is -2.61. The number of nitrogens with one attached hydrogen (secondary N) is 1. The number of aromatic nitrogens is 1. The van der Waals surface area contributed by atoms with Crippen molar-refractivity contribution >= 4 is 30.0 Å². The van der Waals surface area contributed by atoms with E-state index in [1.54, 1.807) is 11.3 Å². The van der Waals surface area contributed by atoms with E-state index >= 15 is 0 Å². The van der Waals surface area contributed by atoms with Crippen molar-refractivity contribution in [2.24, 2.45) is 5.92 Å². The van der Waals surface area contributed by atoms with Crippen LogP contribution in [0, 0.1) is 5.92 Å². The van der Waals surface area contributed by atoms with Crippen molar-refractivity contribution in [1.29, 1.82) is 0 Å². The monoisotopic (exact) mass is 436 g/mol. The zero-order valence-electron chi connectivity index (χ0n) is 18.2. The molecule has 3 aromatic rings. The number of nitrogens with zero attached hydrogens (tertiary/aromatic N) is 1. The van der Waals surface area contributed by atoms with E-state index in [1.165, 1.54) is 23.2 Å². The Morgan fingerprint density at radius 3 is 2.13 bits per heavy atom. The molecule has 0 radical (unpaired) electrons. The first-order valence-corrected chi connectivity index (χ1v) is 13.7. The van der Waals surface area contributed by atoms with Crippen molar-refractivity contribution in [1.82, 2.24) is 10.3 Å². The lowest BCUT2D eigenvalue weighted by atomic mass is 9.94. The van der Waals surface area contributed by atoms with Crippen LogP contribution in [0.5, 0.6) is 0 Å². The molecule has 1 saturated heterocycles. The van der Waals surface area contributed by atoms with E-state index < -0.39 is 8.32 Å². The highest BCUT2D eigenvalue weighted by Gasteiger charge is 2.52. The van der Waals surface area contributed by atoms with Crippen molar-refractivity contribution in [3.8, 4) is 0 Å². The fraction of sp³-hybridized carbons (Fsp3) is 0.400. The van der Waals surface area contributed by atoms with Gasteiger partial charge in [0.1, 0.15) is 11.1 Å². The van der Waals surface area contributed by atoms with Gasteiger partial charge in [-0.15, -0.1) is 11.3 Å². The Hall–Kier alpha value is -1.79. The molecule has 0 amide bonds. The Morgan fingerprint density at radius 2 is 1.67 bits per heavy atom. The Kier molecular flexibility index (Phi) is 6.53. The number of hydrogen-bond donors (Lipinski definition) is 1. The molecule has 1 aliphatic heterocycles. The molecular formula is C25H32N2OSSi. The molecule has 1 fully saturated rings. The summed E-state index contributed by atoms with van der Waals surface area (Å²) in [6, 6.07) is 21.9. The first-order valence-electron chi connectivity index (χ1n) is 10.9. The minimum Gasteiger partial charge on any atom is -0.398 e. The van der Waals surface area contributed by atoms with E-state index in [4.69, 9.17) is 9.41 Å². The molecule has 0 bridgehead atoms. The van der Waals surface area contributed by atoms with E-state index in [-0.39, 0.29) is 11.1 Å². The molecular weight excluding hydrogens is 404 g/mol. The zero-order valence-corrected chi connectivity index (χ0v) is 20.0. The van der Waals surface area contributed by atoms with Gasteiger partial charge >= 0.3 is 0 Å². The molecule has 2 heterocycles. The predicted octanol–water partition coefficient (Wildman–Crippen LogP) is 4.76. The molecule has 0 saturated carbocycles. The first kappa shape index (κ1) is 21.4. The summed E-state index contributed by atoms with van der Waals surface area (Å²) in [5.41, 5.74) is 0. The van der Waals surface area contributed by atoms with E-state index in [9.17, 15) is 0 Å². The van der Waals surface area contributed by atoms with Gasteiger partial charge in [-0.3, -0.25) is 0 Å². The Bertz CT molecular complexity index is 864. The van der Waals surface area contributed by atoms with Gasteiger partial charge in [0.05, 0.1) is 0 Å². The topological polar surface area (TPSA) is 34.1 Å². The highest BCUT2D eigenvalue weighted by atomic mass is 32.1. The normalized spacial score (nSPS) is 18.8. The van der Waals surface area contributed by atoms with Crippen LogP contribution in [0.2, 0.25) is 5.04 Å². The fourth-order valence-corrected chi connectivity index (χ4v) is 10.3.